The Morgan fingerprint density at radius 1 is 1.45 bits per heavy atom. The van der Waals surface area contributed by atoms with Crippen LogP contribution in [0.25, 0.3) is 0 Å². The average Bonchev–Trinajstić information content (AvgIpc) is 2.37. The van der Waals surface area contributed by atoms with Crippen molar-refractivity contribution in [2.24, 2.45) is 0 Å². The average molecular weight is 298 g/mol. The summed E-state index contributed by atoms with van der Waals surface area (Å²) in [7, 11) is -1.57. The molecule has 7 heteroatoms. The molecule has 0 radical (unpaired) electrons. The van der Waals surface area contributed by atoms with E-state index in [2.05, 4.69) is 0 Å². The van der Waals surface area contributed by atoms with Crippen molar-refractivity contribution in [2.75, 3.05) is 30.9 Å². The van der Waals surface area contributed by atoms with Crippen molar-refractivity contribution >= 4 is 21.4 Å². The molecule has 0 aliphatic carbocycles. The van der Waals surface area contributed by atoms with Crippen LogP contribution in [0.5, 0.6) is 5.75 Å². The van der Waals surface area contributed by atoms with Crippen molar-refractivity contribution in [3.8, 4) is 5.75 Å². The topological polar surface area (TPSA) is 89.7 Å². The maximum absolute atomic E-state index is 12.5. The smallest absolute Gasteiger partial charge is 0.256 e. The Morgan fingerprint density at radius 2 is 2.15 bits per heavy atom. The van der Waals surface area contributed by atoms with Gasteiger partial charge in [0.05, 0.1) is 29.9 Å². The van der Waals surface area contributed by atoms with E-state index in [4.69, 9.17) is 10.5 Å². The molecule has 0 aromatic heterocycles. The number of hydrogen-bond acceptors (Lipinski definition) is 5. The molecule has 1 unspecified atom stereocenters. The molecule has 1 atom stereocenters. The van der Waals surface area contributed by atoms with E-state index in [0.29, 0.717) is 11.3 Å². The van der Waals surface area contributed by atoms with Crippen LogP contribution in [0.3, 0.4) is 0 Å². The summed E-state index contributed by atoms with van der Waals surface area (Å²) in [5.41, 5.74) is 6.53. The fourth-order valence-electron chi connectivity index (χ4n) is 2.36. The van der Waals surface area contributed by atoms with Gasteiger partial charge in [-0.05, 0) is 19.1 Å². The molecule has 1 aliphatic heterocycles. The quantitative estimate of drug-likeness (QED) is 0.805. The number of benzene rings is 1. The highest BCUT2D eigenvalue weighted by Crippen LogP contribution is 2.27. The molecule has 0 bridgehead atoms. The maximum atomic E-state index is 12.5. The number of nitrogen functional groups attached to an aromatic ring is 1. The van der Waals surface area contributed by atoms with Crippen molar-refractivity contribution in [1.29, 1.82) is 0 Å². The van der Waals surface area contributed by atoms with E-state index in [-0.39, 0.29) is 35.7 Å². The molecule has 1 amide bonds. The van der Waals surface area contributed by atoms with E-state index in [9.17, 15) is 13.2 Å². The summed E-state index contributed by atoms with van der Waals surface area (Å²) in [6.07, 6.45) is 0. The predicted octanol–water partition coefficient (Wildman–Crippen LogP) is 0.537. The summed E-state index contributed by atoms with van der Waals surface area (Å²) < 4.78 is 28.2. The second kappa shape index (κ2) is 5.32. The van der Waals surface area contributed by atoms with Crippen LogP contribution < -0.4 is 10.5 Å². The minimum absolute atomic E-state index is 0.00699. The summed E-state index contributed by atoms with van der Waals surface area (Å²) in [5.74, 6) is 0.159. The zero-order valence-electron chi connectivity index (χ0n) is 11.5. The highest BCUT2D eigenvalue weighted by Gasteiger charge is 2.32. The lowest BCUT2D eigenvalue weighted by Gasteiger charge is -2.33. The van der Waals surface area contributed by atoms with Gasteiger partial charge in [0.2, 0.25) is 0 Å². The number of amides is 1. The zero-order chi connectivity index (χ0) is 14.9. The molecule has 6 nitrogen and oxygen atoms in total. The van der Waals surface area contributed by atoms with Crippen molar-refractivity contribution < 1.29 is 17.9 Å². The number of anilines is 1. The van der Waals surface area contributed by atoms with Gasteiger partial charge in [-0.2, -0.15) is 0 Å². The molecule has 1 aromatic carbocycles. The van der Waals surface area contributed by atoms with Crippen LogP contribution in [0.2, 0.25) is 0 Å². The van der Waals surface area contributed by atoms with E-state index in [1.807, 2.05) is 0 Å². The van der Waals surface area contributed by atoms with Gasteiger partial charge < -0.3 is 15.4 Å². The Morgan fingerprint density at radius 3 is 2.75 bits per heavy atom. The molecular formula is C13H18N2O4S. The first-order valence-electron chi connectivity index (χ1n) is 6.29. The second-order valence-electron chi connectivity index (χ2n) is 4.88. The molecule has 0 spiro atoms. The third-order valence-electron chi connectivity index (χ3n) is 3.45. The highest BCUT2D eigenvalue weighted by molar-refractivity contribution is 7.91. The van der Waals surface area contributed by atoms with Gasteiger partial charge >= 0.3 is 0 Å². The minimum atomic E-state index is -3.05. The molecule has 110 valence electrons. The lowest BCUT2D eigenvalue weighted by Crippen LogP contribution is -2.49. The van der Waals surface area contributed by atoms with Crippen LogP contribution in [-0.2, 0) is 9.84 Å². The van der Waals surface area contributed by atoms with Gasteiger partial charge in [-0.15, -0.1) is 0 Å². The summed E-state index contributed by atoms with van der Waals surface area (Å²) in [6, 6.07) is 4.63. The van der Waals surface area contributed by atoms with Gasteiger partial charge in [0, 0.05) is 12.6 Å². The maximum Gasteiger partial charge on any atom is 0.256 e. The number of nitrogens with zero attached hydrogens (tertiary/aromatic N) is 1. The number of methoxy groups -OCH3 is 1. The summed E-state index contributed by atoms with van der Waals surface area (Å²) in [5, 5.41) is 0. The summed E-state index contributed by atoms with van der Waals surface area (Å²) in [6.45, 7) is 1.92. The van der Waals surface area contributed by atoms with Crippen molar-refractivity contribution in [2.45, 2.75) is 13.0 Å². The first-order valence-corrected chi connectivity index (χ1v) is 8.11. The van der Waals surface area contributed by atoms with Gasteiger partial charge in [-0.25, -0.2) is 8.42 Å². The molecule has 1 fully saturated rings. The Kier molecular flexibility index (Phi) is 3.89. The van der Waals surface area contributed by atoms with E-state index < -0.39 is 9.84 Å². The third-order valence-corrected chi connectivity index (χ3v) is 5.24. The van der Waals surface area contributed by atoms with Gasteiger partial charge in [0.1, 0.15) is 5.75 Å². The fraction of sp³-hybridized carbons (Fsp3) is 0.462. The number of para-hydroxylation sites is 1. The molecular weight excluding hydrogens is 280 g/mol. The van der Waals surface area contributed by atoms with Crippen molar-refractivity contribution in [3.63, 3.8) is 0 Å². The predicted molar refractivity (Wildman–Crippen MR) is 76.6 cm³/mol. The molecule has 0 saturated carbocycles. The van der Waals surface area contributed by atoms with E-state index >= 15 is 0 Å². The van der Waals surface area contributed by atoms with Gasteiger partial charge in [0.15, 0.2) is 9.84 Å². The number of carbonyl (C=O) groups is 1. The molecule has 1 saturated heterocycles. The van der Waals surface area contributed by atoms with Gasteiger partial charge in [-0.3, -0.25) is 4.79 Å². The first kappa shape index (κ1) is 14.6. The zero-order valence-corrected chi connectivity index (χ0v) is 12.3. The molecule has 20 heavy (non-hydrogen) atoms. The minimum Gasteiger partial charge on any atom is -0.495 e. The molecule has 2 N–H and O–H groups in total. The Bertz CT molecular complexity index is 627. The number of ether oxygens (including phenoxy) is 1. The van der Waals surface area contributed by atoms with Crippen molar-refractivity contribution in [1.82, 2.24) is 4.90 Å². The van der Waals surface area contributed by atoms with E-state index in [0.717, 1.165) is 0 Å². The van der Waals surface area contributed by atoms with E-state index in [1.165, 1.54) is 7.11 Å². The number of hydrogen-bond donors (Lipinski definition) is 1. The second-order valence-corrected chi connectivity index (χ2v) is 7.11. The highest BCUT2D eigenvalue weighted by atomic mass is 32.2. The van der Waals surface area contributed by atoms with Crippen LogP contribution in [0.4, 0.5) is 5.69 Å². The molecule has 1 aliphatic rings. The largest absolute Gasteiger partial charge is 0.495 e. The van der Waals surface area contributed by atoms with Crippen LogP contribution in [0, 0.1) is 0 Å². The van der Waals surface area contributed by atoms with Gasteiger partial charge in [0.25, 0.3) is 5.91 Å². The van der Waals surface area contributed by atoms with Gasteiger partial charge in [-0.1, -0.05) is 6.07 Å². The van der Waals surface area contributed by atoms with Crippen LogP contribution >= 0.6 is 0 Å². The Balaban J connectivity index is 2.29. The number of carbonyl (C=O) groups excluding carboxylic acids is 1. The standard InChI is InChI=1S/C13H18N2O4S/c1-9-8-20(17,18)7-6-15(9)13(16)10-4-3-5-11(19-2)12(10)14/h3-5,9H,6-8,14H2,1-2H3. The fourth-order valence-corrected chi connectivity index (χ4v) is 3.92. The molecule has 1 aromatic rings. The normalized spacial score (nSPS) is 21.5. The lowest BCUT2D eigenvalue weighted by atomic mass is 10.1. The third kappa shape index (κ3) is 2.72. The molecule has 1 heterocycles. The van der Waals surface area contributed by atoms with Crippen LogP contribution in [-0.4, -0.2) is 50.4 Å². The summed E-state index contributed by atoms with van der Waals surface area (Å²) in [4.78, 5) is 14.1. The number of sulfone groups is 1. The van der Waals surface area contributed by atoms with Crippen molar-refractivity contribution in [3.05, 3.63) is 23.8 Å². The SMILES string of the molecule is COc1cccc(C(=O)N2CCS(=O)(=O)CC2C)c1N. The van der Waals surface area contributed by atoms with Crippen LogP contribution in [0.15, 0.2) is 18.2 Å². The molecule has 2 rings (SSSR count). The Labute approximate surface area is 118 Å². The lowest BCUT2D eigenvalue weighted by molar-refractivity contribution is 0.0713. The monoisotopic (exact) mass is 298 g/mol. The first-order chi connectivity index (χ1) is 9.35. The van der Waals surface area contributed by atoms with E-state index in [1.54, 1.807) is 30.0 Å². The van der Waals surface area contributed by atoms with Crippen LogP contribution in [0.1, 0.15) is 17.3 Å². The number of rotatable bonds is 2. The summed E-state index contributed by atoms with van der Waals surface area (Å²) >= 11 is 0. The Hall–Kier alpha value is -1.76. The number of nitrogens with two attached hydrogens (primary N) is 1.